The third-order valence-corrected chi connectivity index (χ3v) is 4.63. The molecule has 2 rings (SSSR count). The zero-order valence-electron chi connectivity index (χ0n) is 12.7. The van der Waals surface area contributed by atoms with Crippen LogP contribution in [0.4, 0.5) is 0 Å². The Kier molecular flexibility index (Phi) is 6.50. The molecule has 2 atom stereocenters. The molecule has 0 bridgehead atoms. The van der Waals surface area contributed by atoms with Crippen molar-refractivity contribution >= 4 is 29.2 Å². The Morgan fingerprint density at radius 2 is 2.18 bits per heavy atom. The van der Waals surface area contributed by atoms with E-state index in [1.54, 1.807) is 6.07 Å². The maximum absolute atomic E-state index is 11.3. The summed E-state index contributed by atoms with van der Waals surface area (Å²) in [4.78, 5) is 13.6. The number of rotatable bonds is 5. The summed E-state index contributed by atoms with van der Waals surface area (Å²) in [5.74, 6) is 0.250. The summed E-state index contributed by atoms with van der Waals surface area (Å²) < 4.78 is 4.70. The minimum atomic E-state index is -0.161. The molecule has 1 saturated heterocycles. The van der Waals surface area contributed by atoms with E-state index in [2.05, 4.69) is 4.90 Å². The molecule has 1 aromatic rings. The van der Waals surface area contributed by atoms with Gasteiger partial charge in [-0.2, -0.15) is 0 Å². The van der Waals surface area contributed by atoms with Crippen LogP contribution in [0.15, 0.2) is 18.2 Å². The minimum absolute atomic E-state index is 0.127. The maximum Gasteiger partial charge on any atom is 0.305 e. The van der Waals surface area contributed by atoms with Crippen LogP contribution in [0, 0.1) is 5.92 Å². The summed E-state index contributed by atoms with van der Waals surface area (Å²) in [6.07, 6.45) is 2.20. The Labute approximate surface area is 141 Å². The van der Waals surface area contributed by atoms with Crippen LogP contribution in [0.1, 0.15) is 24.8 Å². The summed E-state index contributed by atoms with van der Waals surface area (Å²) >= 11 is 12.2. The zero-order valence-corrected chi connectivity index (χ0v) is 14.2. The fourth-order valence-corrected chi connectivity index (χ4v) is 3.47. The largest absolute Gasteiger partial charge is 0.469 e. The van der Waals surface area contributed by atoms with E-state index in [9.17, 15) is 4.79 Å². The van der Waals surface area contributed by atoms with Crippen LogP contribution in [-0.2, 0) is 16.1 Å². The number of carbonyl (C=O) groups is 1. The SMILES string of the molecule is COC(=O)CCC1CC(N)CN(Cc2ccc(Cl)cc2Cl)C1. The lowest BCUT2D eigenvalue weighted by Crippen LogP contribution is -2.46. The van der Waals surface area contributed by atoms with E-state index in [0.29, 0.717) is 22.4 Å². The summed E-state index contributed by atoms with van der Waals surface area (Å²) in [6, 6.07) is 5.69. The topological polar surface area (TPSA) is 55.6 Å². The minimum Gasteiger partial charge on any atom is -0.469 e. The first-order valence-electron chi connectivity index (χ1n) is 7.46. The van der Waals surface area contributed by atoms with Gasteiger partial charge in [0.05, 0.1) is 7.11 Å². The molecule has 1 heterocycles. The van der Waals surface area contributed by atoms with Crippen molar-refractivity contribution in [2.24, 2.45) is 11.7 Å². The van der Waals surface area contributed by atoms with Crippen molar-refractivity contribution in [1.29, 1.82) is 0 Å². The molecule has 2 N–H and O–H groups in total. The molecule has 0 saturated carbocycles. The van der Waals surface area contributed by atoms with Crippen molar-refractivity contribution in [1.82, 2.24) is 4.90 Å². The average molecular weight is 345 g/mol. The van der Waals surface area contributed by atoms with Crippen molar-refractivity contribution in [2.75, 3.05) is 20.2 Å². The van der Waals surface area contributed by atoms with E-state index in [0.717, 1.165) is 38.0 Å². The van der Waals surface area contributed by atoms with Crippen molar-refractivity contribution < 1.29 is 9.53 Å². The Bertz CT molecular complexity index is 525. The van der Waals surface area contributed by atoms with Gasteiger partial charge in [0.1, 0.15) is 0 Å². The van der Waals surface area contributed by atoms with E-state index in [1.165, 1.54) is 7.11 Å². The highest BCUT2D eigenvalue weighted by molar-refractivity contribution is 6.35. The van der Waals surface area contributed by atoms with Gasteiger partial charge in [0.25, 0.3) is 0 Å². The standard InChI is InChI=1S/C16H22Cl2N2O2/c1-22-16(21)5-2-11-6-14(19)10-20(8-11)9-12-3-4-13(17)7-15(12)18/h3-4,7,11,14H,2,5-6,8-10,19H2,1H3. The van der Waals surface area contributed by atoms with Gasteiger partial charge in [-0.25, -0.2) is 0 Å². The molecule has 1 aliphatic heterocycles. The van der Waals surface area contributed by atoms with E-state index in [1.807, 2.05) is 12.1 Å². The third kappa shape index (κ3) is 5.13. The van der Waals surface area contributed by atoms with Gasteiger partial charge in [-0.1, -0.05) is 29.3 Å². The van der Waals surface area contributed by atoms with Crippen molar-refractivity contribution in [2.45, 2.75) is 31.8 Å². The molecule has 0 radical (unpaired) electrons. The van der Waals surface area contributed by atoms with Gasteiger partial charge in [-0.15, -0.1) is 0 Å². The number of hydrogen-bond acceptors (Lipinski definition) is 4. The Morgan fingerprint density at radius 1 is 1.41 bits per heavy atom. The number of hydrogen-bond donors (Lipinski definition) is 1. The lowest BCUT2D eigenvalue weighted by molar-refractivity contribution is -0.141. The molecule has 22 heavy (non-hydrogen) atoms. The average Bonchev–Trinajstić information content (AvgIpc) is 2.47. The highest BCUT2D eigenvalue weighted by Crippen LogP contribution is 2.26. The van der Waals surface area contributed by atoms with Crippen molar-refractivity contribution in [3.05, 3.63) is 33.8 Å². The number of ether oxygens (including phenoxy) is 1. The van der Waals surface area contributed by atoms with E-state index in [-0.39, 0.29) is 12.0 Å². The smallest absolute Gasteiger partial charge is 0.305 e. The van der Waals surface area contributed by atoms with E-state index in [4.69, 9.17) is 33.7 Å². The van der Waals surface area contributed by atoms with Crippen LogP contribution in [0.3, 0.4) is 0 Å². The number of carbonyl (C=O) groups excluding carboxylic acids is 1. The molecule has 1 fully saturated rings. The molecule has 0 spiro atoms. The van der Waals surface area contributed by atoms with Crippen molar-refractivity contribution in [3.63, 3.8) is 0 Å². The molecule has 6 heteroatoms. The van der Waals surface area contributed by atoms with Crippen LogP contribution >= 0.6 is 23.2 Å². The molecule has 0 aliphatic carbocycles. The maximum atomic E-state index is 11.3. The van der Waals surface area contributed by atoms with E-state index >= 15 is 0 Å². The molecule has 0 amide bonds. The molecular weight excluding hydrogens is 323 g/mol. The first-order chi connectivity index (χ1) is 10.5. The van der Waals surface area contributed by atoms with Gasteiger partial charge >= 0.3 is 5.97 Å². The van der Waals surface area contributed by atoms with Crippen LogP contribution < -0.4 is 5.73 Å². The van der Waals surface area contributed by atoms with Gasteiger partial charge in [-0.3, -0.25) is 9.69 Å². The number of methoxy groups -OCH3 is 1. The van der Waals surface area contributed by atoms with Gasteiger partial charge in [-0.05, 0) is 36.5 Å². The van der Waals surface area contributed by atoms with Crippen molar-refractivity contribution in [3.8, 4) is 0 Å². The summed E-state index contributed by atoms with van der Waals surface area (Å²) in [6.45, 7) is 2.51. The predicted octanol–water partition coefficient (Wildman–Crippen LogP) is 3.10. The summed E-state index contributed by atoms with van der Waals surface area (Å²) in [7, 11) is 1.42. The number of esters is 1. The van der Waals surface area contributed by atoms with Crippen LogP contribution in [0.25, 0.3) is 0 Å². The summed E-state index contributed by atoms with van der Waals surface area (Å²) in [5.41, 5.74) is 7.21. The zero-order chi connectivity index (χ0) is 16.1. The first-order valence-corrected chi connectivity index (χ1v) is 8.22. The number of nitrogens with two attached hydrogens (primary N) is 1. The first kappa shape index (κ1) is 17.5. The fourth-order valence-electron chi connectivity index (χ4n) is 3.00. The van der Waals surface area contributed by atoms with Gasteiger partial charge in [0.15, 0.2) is 0 Å². The molecule has 2 unspecified atom stereocenters. The molecule has 0 aromatic heterocycles. The lowest BCUT2D eigenvalue weighted by Gasteiger charge is -2.36. The predicted molar refractivity (Wildman–Crippen MR) is 89.1 cm³/mol. The highest BCUT2D eigenvalue weighted by atomic mass is 35.5. The second kappa shape index (κ2) is 8.16. The monoisotopic (exact) mass is 344 g/mol. The van der Waals surface area contributed by atoms with Gasteiger partial charge in [0.2, 0.25) is 0 Å². The Balaban J connectivity index is 1.94. The number of likely N-dealkylation sites (tertiary alicyclic amines) is 1. The quantitative estimate of drug-likeness (QED) is 0.834. The Hall–Kier alpha value is -0.810. The molecule has 122 valence electrons. The number of benzene rings is 1. The van der Waals surface area contributed by atoms with Gasteiger partial charge in [0, 0.05) is 42.1 Å². The number of nitrogens with zero attached hydrogens (tertiary/aromatic N) is 1. The molecule has 1 aliphatic rings. The fraction of sp³-hybridized carbons (Fsp3) is 0.562. The second-order valence-electron chi connectivity index (χ2n) is 5.91. The lowest BCUT2D eigenvalue weighted by atomic mass is 9.90. The number of halogens is 2. The van der Waals surface area contributed by atoms with Crippen LogP contribution in [0.2, 0.25) is 10.0 Å². The third-order valence-electron chi connectivity index (χ3n) is 4.04. The molecule has 1 aromatic carbocycles. The van der Waals surface area contributed by atoms with E-state index < -0.39 is 0 Å². The summed E-state index contributed by atoms with van der Waals surface area (Å²) in [5, 5.41) is 1.32. The molecule has 4 nitrogen and oxygen atoms in total. The second-order valence-corrected chi connectivity index (χ2v) is 6.75. The normalized spacial score (nSPS) is 22.5. The number of piperidine rings is 1. The molecular formula is C16H22Cl2N2O2. The highest BCUT2D eigenvalue weighted by Gasteiger charge is 2.26. The van der Waals surface area contributed by atoms with Crippen LogP contribution in [0.5, 0.6) is 0 Å². The van der Waals surface area contributed by atoms with Crippen LogP contribution in [-0.4, -0.2) is 37.1 Å². The Morgan fingerprint density at radius 3 is 2.86 bits per heavy atom. The van der Waals surface area contributed by atoms with Gasteiger partial charge < -0.3 is 10.5 Å².